The highest BCUT2D eigenvalue weighted by Gasteiger charge is 2.19. The second kappa shape index (κ2) is 9.47. The number of amides is 1. The number of methoxy groups -OCH3 is 1. The molecule has 0 saturated heterocycles. The topological polar surface area (TPSA) is 51.5 Å². The molecule has 0 spiro atoms. The van der Waals surface area contributed by atoms with Crippen molar-refractivity contribution in [3.05, 3.63) is 95.0 Å². The SMILES string of the molecule is COc1c(/C(C)=C/C(=O)NCc2c(F)cccc2F)cc2c(-c3ccc(F)cc3)coc2c1C. The zero-order chi connectivity index (χ0) is 24.4. The largest absolute Gasteiger partial charge is 0.496 e. The summed E-state index contributed by atoms with van der Waals surface area (Å²) in [4.78, 5) is 12.5. The van der Waals surface area contributed by atoms with E-state index in [1.165, 1.54) is 31.4 Å². The van der Waals surface area contributed by atoms with Gasteiger partial charge in [-0.15, -0.1) is 0 Å². The van der Waals surface area contributed by atoms with Crippen molar-refractivity contribution in [1.29, 1.82) is 0 Å². The molecule has 7 heteroatoms. The van der Waals surface area contributed by atoms with Crippen LogP contribution >= 0.6 is 0 Å². The molecule has 3 aromatic carbocycles. The predicted molar refractivity (Wildman–Crippen MR) is 125 cm³/mol. The second-order valence-corrected chi connectivity index (χ2v) is 7.86. The molecule has 0 atom stereocenters. The Hall–Kier alpha value is -4.00. The van der Waals surface area contributed by atoms with Crippen molar-refractivity contribution in [2.24, 2.45) is 0 Å². The molecule has 34 heavy (non-hydrogen) atoms. The molecule has 0 bridgehead atoms. The van der Waals surface area contributed by atoms with Gasteiger partial charge in [0.05, 0.1) is 13.4 Å². The van der Waals surface area contributed by atoms with Crippen molar-refractivity contribution in [3.8, 4) is 16.9 Å². The van der Waals surface area contributed by atoms with Crippen LogP contribution in [0.25, 0.3) is 27.7 Å². The van der Waals surface area contributed by atoms with E-state index in [1.54, 1.807) is 25.3 Å². The molecule has 4 rings (SSSR count). The van der Waals surface area contributed by atoms with E-state index in [9.17, 15) is 18.0 Å². The minimum atomic E-state index is -0.725. The zero-order valence-corrected chi connectivity index (χ0v) is 18.8. The number of benzene rings is 3. The van der Waals surface area contributed by atoms with Crippen molar-refractivity contribution in [1.82, 2.24) is 5.32 Å². The van der Waals surface area contributed by atoms with Crippen LogP contribution < -0.4 is 10.1 Å². The highest BCUT2D eigenvalue weighted by atomic mass is 19.1. The average molecular weight is 465 g/mol. The Morgan fingerprint density at radius 3 is 2.41 bits per heavy atom. The number of fused-ring (bicyclic) bond motifs is 1. The van der Waals surface area contributed by atoms with Gasteiger partial charge in [0, 0.05) is 40.3 Å². The molecule has 0 aliphatic heterocycles. The van der Waals surface area contributed by atoms with Gasteiger partial charge in [-0.2, -0.15) is 0 Å². The summed E-state index contributed by atoms with van der Waals surface area (Å²) >= 11 is 0. The first-order valence-corrected chi connectivity index (χ1v) is 10.5. The Morgan fingerprint density at radius 1 is 1.09 bits per heavy atom. The Balaban J connectivity index is 1.69. The van der Waals surface area contributed by atoms with Gasteiger partial charge in [0.25, 0.3) is 0 Å². The Labute approximate surface area is 194 Å². The van der Waals surface area contributed by atoms with E-state index < -0.39 is 17.5 Å². The summed E-state index contributed by atoms with van der Waals surface area (Å²) in [7, 11) is 1.52. The highest BCUT2D eigenvalue weighted by molar-refractivity contribution is 6.01. The molecule has 0 aliphatic rings. The van der Waals surface area contributed by atoms with E-state index in [2.05, 4.69) is 5.32 Å². The summed E-state index contributed by atoms with van der Waals surface area (Å²) in [5.74, 6) is -1.76. The summed E-state index contributed by atoms with van der Waals surface area (Å²) < 4.78 is 52.4. The molecule has 0 aliphatic carbocycles. The molecule has 0 fully saturated rings. The first kappa shape index (κ1) is 23.2. The van der Waals surface area contributed by atoms with E-state index >= 15 is 0 Å². The van der Waals surface area contributed by atoms with Crippen molar-refractivity contribution < 1.29 is 27.1 Å². The average Bonchev–Trinajstić information content (AvgIpc) is 3.23. The predicted octanol–water partition coefficient (Wildman–Crippen LogP) is 6.55. The molecule has 0 radical (unpaired) electrons. The number of ether oxygens (including phenoxy) is 1. The quantitative estimate of drug-likeness (QED) is 0.329. The Kier molecular flexibility index (Phi) is 6.45. The number of hydrogen-bond donors (Lipinski definition) is 1. The number of carbonyl (C=O) groups is 1. The van der Waals surface area contributed by atoms with Crippen LogP contribution in [0, 0.1) is 24.4 Å². The van der Waals surface area contributed by atoms with Crippen LogP contribution in [0.1, 0.15) is 23.6 Å². The van der Waals surface area contributed by atoms with Gasteiger partial charge < -0.3 is 14.5 Å². The number of furan rings is 1. The maximum absolute atomic E-state index is 13.8. The van der Waals surface area contributed by atoms with E-state index in [1.807, 2.05) is 13.0 Å². The first-order valence-electron chi connectivity index (χ1n) is 10.5. The highest BCUT2D eigenvalue weighted by Crippen LogP contribution is 2.40. The van der Waals surface area contributed by atoms with E-state index in [0.717, 1.165) is 34.2 Å². The van der Waals surface area contributed by atoms with Gasteiger partial charge in [-0.25, -0.2) is 13.2 Å². The maximum Gasteiger partial charge on any atom is 0.244 e. The molecule has 174 valence electrons. The summed E-state index contributed by atoms with van der Waals surface area (Å²) in [6.45, 7) is 3.30. The minimum absolute atomic E-state index is 0.209. The maximum atomic E-state index is 13.8. The number of allylic oxidation sites excluding steroid dienone is 1. The third kappa shape index (κ3) is 4.41. The lowest BCUT2D eigenvalue weighted by Crippen LogP contribution is -2.22. The van der Waals surface area contributed by atoms with Gasteiger partial charge in [-0.05, 0) is 55.3 Å². The van der Waals surface area contributed by atoms with Crippen LogP contribution in [0.15, 0.2) is 65.3 Å². The molecular weight excluding hydrogens is 443 g/mol. The molecule has 1 amide bonds. The van der Waals surface area contributed by atoms with Crippen LogP contribution in [0.3, 0.4) is 0 Å². The number of halogens is 3. The van der Waals surface area contributed by atoms with Crippen molar-refractivity contribution in [2.75, 3.05) is 7.11 Å². The number of nitrogens with one attached hydrogen (secondary N) is 1. The summed E-state index contributed by atoms with van der Waals surface area (Å²) in [5.41, 5.74) is 3.94. The summed E-state index contributed by atoms with van der Waals surface area (Å²) in [6, 6.07) is 11.5. The third-order valence-corrected chi connectivity index (χ3v) is 5.68. The molecule has 4 aromatic rings. The van der Waals surface area contributed by atoms with Gasteiger partial charge in [0.2, 0.25) is 5.91 Å². The van der Waals surface area contributed by atoms with Gasteiger partial charge in [-0.3, -0.25) is 4.79 Å². The monoisotopic (exact) mass is 465 g/mol. The molecule has 1 N–H and O–H groups in total. The lowest BCUT2D eigenvalue weighted by atomic mass is 9.96. The van der Waals surface area contributed by atoms with Crippen LogP contribution in [-0.2, 0) is 11.3 Å². The van der Waals surface area contributed by atoms with Gasteiger partial charge in [0.15, 0.2) is 0 Å². The van der Waals surface area contributed by atoms with Crippen molar-refractivity contribution >= 4 is 22.4 Å². The number of carbonyl (C=O) groups excluding carboxylic acids is 1. The number of hydrogen-bond acceptors (Lipinski definition) is 3. The molecule has 1 heterocycles. The van der Waals surface area contributed by atoms with E-state index in [0.29, 0.717) is 22.5 Å². The number of rotatable bonds is 6. The first-order chi connectivity index (χ1) is 16.3. The van der Waals surface area contributed by atoms with Gasteiger partial charge in [-0.1, -0.05) is 18.2 Å². The van der Waals surface area contributed by atoms with Crippen molar-refractivity contribution in [2.45, 2.75) is 20.4 Å². The fraction of sp³-hybridized carbons (Fsp3) is 0.148. The normalized spacial score (nSPS) is 11.6. The fourth-order valence-corrected chi connectivity index (χ4v) is 3.93. The zero-order valence-electron chi connectivity index (χ0n) is 18.8. The van der Waals surface area contributed by atoms with E-state index in [-0.39, 0.29) is 17.9 Å². The van der Waals surface area contributed by atoms with Crippen LogP contribution in [0.5, 0.6) is 5.75 Å². The molecule has 0 unspecified atom stereocenters. The van der Waals surface area contributed by atoms with E-state index in [4.69, 9.17) is 9.15 Å². The molecule has 4 nitrogen and oxygen atoms in total. The lowest BCUT2D eigenvalue weighted by molar-refractivity contribution is -0.116. The fourth-order valence-electron chi connectivity index (χ4n) is 3.93. The second-order valence-electron chi connectivity index (χ2n) is 7.86. The van der Waals surface area contributed by atoms with Crippen LogP contribution in [0.2, 0.25) is 0 Å². The molecule has 0 saturated carbocycles. The number of aryl methyl sites for hydroxylation is 1. The summed E-state index contributed by atoms with van der Waals surface area (Å²) in [6.07, 6.45) is 2.95. The Morgan fingerprint density at radius 2 is 1.76 bits per heavy atom. The summed E-state index contributed by atoms with van der Waals surface area (Å²) in [5, 5.41) is 3.30. The molecule has 1 aromatic heterocycles. The standard InChI is InChI=1S/C27H22F3NO3/c1-15(11-25(32)31-13-21-23(29)5-4-6-24(21)30)19-12-20-22(17-7-9-18(28)10-8-17)14-34-27(20)16(2)26(19)33-3/h4-12,14H,13H2,1-3H3,(H,31,32)/b15-11+. The van der Waals surface area contributed by atoms with Crippen LogP contribution in [-0.4, -0.2) is 13.0 Å². The van der Waals surface area contributed by atoms with Gasteiger partial charge >= 0.3 is 0 Å². The minimum Gasteiger partial charge on any atom is -0.496 e. The molecular formula is C27H22F3NO3. The van der Waals surface area contributed by atoms with Gasteiger partial charge in [0.1, 0.15) is 28.8 Å². The van der Waals surface area contributed by atoms with Crippen molar-refractivity contribution in [3.63, 3.8) is 0 Å². The Bertz CT molecular complexity index is 1380. The smallest absolute Gasteiger partial charge is 0.244 e. The third-order valence-electron chi connectivity index (χ3n) is 5.68. The van der Waals surface area contributed by atoms with Crippen LogP contribution in [0.4, 0.5) is 13.2 Å². The lowest BCUT2D eigenvalue weighted by Gasteiger charge is -2.13.